The number of carbonyl (C=O) groups excluding carboxylic acids is 1. The van der Waals surface area contributed by atoms with Gasteiger partial charge in [-0.15, -0.1) is 0 Å². The number of para-hydroxylation sites is 1. The molecule has 28 heavy (non-hydrogen) atoms. The number of carbonyl (C=O) groups is 1. The number of halogens is 1. The summed E-state index contributed by atoms with van der Waals surface area (Å²) in [5, 5.41) is 11.8. The van der Waals surface area contributed by atoms with Crippen LogP contribution in [0.25, 0.3) is 16.9 Å². The Morgan fingerprint density at radius 1 is 1.00 bits per heavy atom. The van der Waals surface area contributed by atoms with Crippen LogP contribution >= 0.6 is 15.9 Å². The summed E-state index contributed by atoms with van der Waals surface area (Å²) in [6.45, 7) is 0.553. The van der Waals surface area contributed by atoms with Gasteiger partial charge in [0, 0.05) is 30.1 Å². The van der Waals surface area contributed by atoms with E-state index in [9.17, 15) is 4.79 Å². The summed E-state index contributed by atoms with van der Waals surface area (Å²) < 4.78 is 4.27. The van der Waals surface area contributed by atoms with Crippen LogP contribution in [-0.4, -0.2) is 25.5 Å². The fourth-order valence-corrected chi connectivity index (χ4v) is 3.24. The number of nitrogens with one attached hydrogen (secondary N) is 1. The number of nitrogens with zero attached hydrogens (tertiary/aromatic N) is 4. The number of benzene rings is 2. The van der Waals surface area contributed by atoms with E-state index in [1.165, 1.54) is 0 Å². The lowest BCUT2D eigenvalue weighted by Gasteiger charge is -2.06. The summed E-state index contributed by atoms with van der Waals surface area (Å²) in [7, 11) is 0. The molecular weight excluding hydrogens is 418 g/mol. The van der Waals surface area contributed by atoms with Gasteiger partial charge in [0.1, 0.15) is 6.54 Å². The van der Waals surface area contributed by atoms with Gasteiger partial charge in [-0.05, 0) is 28.1 Å². The molecule has 0 radical (unpaired) electrons. The summed E-state index contributed by atoms with van der Waals surface area (Å²) in [6, 6.07) is 19.9. The third kappa shape index (κ3) is 4.20. The molecule has 0 spiro atoms. The van der Waals surface area contributed by atoms with Gasteiger partial charge in [-0.2, -0.15) is 10.2 Å². The Labute approximate surface area is 170 Å². The van der Waals surface area contributed by atoms with Crippen LogP contribution in [0.2, 0.25) is 0 Å². The average Bonchev–Trinajstić information content (AvgIpc) is 3.34. The van der Waals surface area contributed by atoms with E-state index in [0.29, 0.717) is 6.54 Å². The van der Waals surface area contributed by atoms with Crippen molar-refractivity contribution in [3.8, 4) is 16.9 Å². The predicted molar refractivity (Wildman–Crippen MR) is 111 cm³/mol. The smallest absolute Gasteiger partial charge is 0.242 e. The zero-order valence-corrected chi connectivity index (χ0v) is 16.6. The van der Waals surface area contributed by atoms with E-state index in [4.69, 9.17) is 5.10 Å². The van der Waals surface area contributed by atoms with Crippen molar-refractivity contribution >= 4 is 21.8 Å². The van der Waals surface area contributed by atoms with Gasteiger partial charge in [-0.3, -0.25) is 9.48 Å². The highest BCUT2D eigenvalue weighted by Crippen LogP contribution is 2.23. The summed E-state index contributed by atoms with van der Waals surface area (Å²) >= 11 is 3.33. The van der Waals surface area contributed by atoms with Crippen molar-refractivity contribution in [2.75, 3.05) is 0 Å². The van der Waals surface area contributed by atoms with E-state index >= 15 is 0 Å². The Morgan fingerprint density at radius 3 is 2.39 bits per heavy atom. The first-order chi connectivity index (χ1) is 13.7. The second-order valence-electron chi connectivity index (χ2n) is 6.28. The molecule has 0 saturated heterocycles. The molecular formula is C21H18BrN5O. The Morgan fingerprint density at radius 2 is 1.71 bits per heavy atom. The molecule has 6 nitrogen and oxygen atoms in total. The van der Waals surface area contributed by atoms with Gasteiger partial charge in [-0.25, -0.2) is 4.68 Å². The molecule has 4 aromatic rings. The van der Waals surface area contributed by atoms with E-state index < -0.39 is 0 Å². The first kappa shape index (κ1) is 18.2. The van der Waals surface area contributed by atoms with Gasteiger partial charge in [0.2, 0.25) is 5.91 Å². The highest BCUT2D eigenvalue weighted by molar-refractivity contribution is 9.10. The van der Waals surface area contributed by atoms with Gasteiger partial charge in [0.15, 0.2) is 0 Å². The summed E-state index contributed by atoms with van der Waals surface area (Å²) in [4.78, 5) is 12.3. The van der Waals surface area contributed by atoms with Gasteiger partial charge in [0.05, 0.1) is 22.1 Å². The molecule has 2 heterocycles. The molecule has 0 bridgehead atoms. The number of aromatic nitrogens is 4. The van der Waals surface area contributed by atoms with Gasteiger partial charge in [-0.1, -0.05) is 48.5 Å². The molecule has 0 unspecified atom stereocenters. The first-order valence-corrected chi connectivity index (χ1v) is 9.62. The second-order valence-corrected chi connectivity index (χ2v) is 7.20. The minimum atomic E-state index is -0.109. The Kier molecular flexibility index (Phi) is 5.34. The van der Waals surface area contributed by atoms with E-state index in [2.05, 4.69) is 26.3 Å². The molecule has 0 fully saturated rings. The van der Waals surface area contributed by atoms with Crippen LogP contribution in [-0.2, 0) is 17.9 Å². The Balaban J connectivity index is 1.56. The van der Waals surface area contributed by atoms with Crippen LogP contribution in [0.15, 0.2) is 83.7 Å². The lowest BCUT2D eigenvalue weighted by Crippen LogP contribution is -2.27. The molecule has 0 aliphatic carbocycles. The number of rotatable bonds is 6. The lowest BCUT2D eigenvalue weighted by atomic mass is 10.1. The maximum absolute atomic E-state index is 12.3. The fraction of sp³-hybridized carbons (Fsp3) is 0.0952. The molecule has 7 heteroatoms. The molecule has 140 valence electrons. The van der Waals surface area contributed by atoms with Crippen molar-refractivity contribution in [2.24, 2.45) is 0 Å². The minimum absolute atomic E-state index is 0.109. The zero-order chi connectivity index (χ0) is 19.3. The highest BCUT2D eigenvalue weighted by atomic mass is 79.9. The maximum atomic E-state index is 12.3. The molecule has 2 aromatic carbocycles. The molecule has 1 N–H and O–H groups in total. The van der Waals surface area contributed by atoms with E-state index in [1.54, 1.807) is 17.1 Å². The molecule has 0 saturated carbocycles. The number of hydrogen-bond donors (Lipinski definition) is 1. The minimum Gasteiger partial charge on any atom is -0.350 e. The molecule has 1 amide bonds. The largest absolute Gasteiger partial charge is 0.350 e. The van der Waals surface area contributed by atoms with Crippen LogP contribution in [0.4, 0.5) is 0 Å². The molecule has 0 aliphatic rings. The topological polar surface area (TPSA) is 64.7 Å². The molecule has 4 rings (SSSR count). The summed E-state index contributed by atoms with van der Waals surface area (Å²) in [5.41, 5.74) is 3.78. The number of amides is 1. The standard InChI is InChI=1S/C21H18BrN5O/c22-18-12-24-26(14-18)15-20(28)23-11-17-13-27(19-9-5-2-6-10-19)25-21(17)16-7-3-1-4-8-16/h1-10,12-14H,11,15H2,(H,23,28). The van der Waals surface area contributed by atoms with E-state index in [1.807, 2.05) is 71.5 Å². The monoisotopic (exact) mass is 435 g/mol. The van der Waals surface area contributed by atoms with Crippen molar-refractivity contribution in [2.45, 2.75) is 13.1 Å². The lowest BCUT2D eigenvalue weighted by molar-refractivity contribution is -0.122. The van der Waals surface area contributed by atoms with Crippen molar-refractivity contribution in [1.29, 1.82) is 0 Å². The van der Waals surface area contributed by atoms with Crippen LogP contribution in [0, 0.1) is 0 Å². The highest BCUT2D eigenvalue weighted by Gasteiger charge is 2.13. The average molecular weight is 436 g/mol. The van der Waals surface area contributed by atoms with E-state index in [0.717, 1.165) is 27.0 Å². The SMILES string of the molecule is O=C(Cn1cc(Br)cn1)NCc1cn(-c2ccccc2)nc1-c1ccccc1. The number of hydrogen-bond acceptors (Lipinski definition) is 3. The van der Waals surface area contributed by atoms with Gasteiger partial charge in [0.25, 0.3) is 0 Å². The Hall–Kier alpha value is -3.19. The molecule has 2 aromatic heterocycles. The fourth-order valence-electron chi connectivity index (χ4n) is 2.91. The predicted octanol–water partition coefficient (Wildman–Crippen LogP) is 3.81. The van der Waals surface area contributed by atoms with Gasteiger partial charge < -0.3 is 5.32 Å². The van der Waals surface area contributed by atoms with Crippen molar-refractivity contribution in [1.82, 2.24) is 24.9 Å². The molecule has 0 aliphatic heterocycles. The second kappa shape index (κ2) is 8.22. The third-order valence-electron chi connectivity index (χ3n) is 4.24. The normalized spacial score (nSPS) is 10.8. The maximum Gasteiger partial charge on any atom is 0.242 e. The summed E-state index contributed by atoms with van der Waals surface area (Å²) in [5.74, 6) is -0.109. The van der Waals surface area contributed by atoms with Crippen molar-refractivity contribution in [3.05, 3.63) is 89.3 Å². The third-order valence-corrected chi connectivity index (χ3v) is 4.65. The molecule has 0 atom stereocenters. The van der Waals surface area contributed by atoms with Crippen molar-refractivity contribution < 1.29 is 4.79 Å². The summed E-state index contributed by atoms with van der Waals surface area (Å²) in [6.07, 6.45) is 5.38. The Bertz CT molecular complexity index is 1070. The van der Waals surface area contributed by atoms with Crippen LogP contribution < -0.4 is 5.32 Å². The van der Waals surface area contributed by atoms with Crippen molar-refractivity contribution in [3.63, 3.8) is 0 Å². The van der Waals surface area contributed by atoms with Crippen LogP contribution in [0.1, 0.15) is 5.56 Å². The van der Waals surface area contributed by atoms with E-state index in [-0.39, 0.29) is 12.5 Å². The quantitative estimate of drug-likeness (QED) is 0.500. The van der Waals surface area contributed by atoms with Crippen LogP contribution in [0.5, 0.6) is 0 Å². The first-order valence-electron chi connectivity index (χ1n) is 8.83. The van der Waals surface area contributed by atoms with Crippen LogP contribution in [0.3, 0.4) is 0 Å². The zero-order valence-electron chi connectivity index (χ0n) is 15.0. The van der Waals surface area contributed by atoms with Gasteiger partial charge >= 0.3 is 0 Å².